The van der Waals surface area contributed by atoms with Gasteiger partial charge in [-0.2, -0.15) is 0 Å². The minimum Gasteiger partial charge on any atom is -0.387 e. The normalized spacial score (nSPS) is 16.6. The molecule has 0 rings (SSSR count). The summed E-state index contributed by atoms with van der Waals surface area (Å²) in [7, 11) is 0. The van der Waals surface area contributed by atoms with Crippen molar-refractivity contribution in [3.8, 4) is 0 Å². The van der Waals surface area contributed by atoms with Crippen LogP contribution in [0, 0.1) is 0 Å². The predicted molar refractivity (Wildman–Crippen MR) is 66.2 cm³/mol. The number of nitrogens with two attached hydrogens (primary N) is 1. The monoisotopic (exact) mass is 247 g/mol. The van der Waals surface area contributed by atoms with Gasteiger partial charge in [-0.1, -0.05) is 13.3 Å². The Hall–Kier alpha value is -0.690. The Morgan fingerprint density at radius 3 is 2.41 bits per heavy atom. The Labute approximate surface area is 103 Å². The number of amides is 1. The number of carbonyl (C=O) groups is 1. The first-order chi connectivity index (χ1) is 7.88. The van der Waals surface area contributed by atoms with Crippen LogP contribution in [0.2, 0.25) is 0 Å². The van der Waals surface area contributed by atoms with Crippen LogP contribution >= 0.6 is 0 Å². The van der Waals surface area contributed by atoms with Gasteiger partial charge in [-0.15, -0.1) is 0 Å². The first kappa shape index (κ1) is 16.3. The quantitative estimate of drug-likeness (QED) is 0.350. The fourth-order valence-corrected chi connectivity index (χ4v) is 1.43. The van der Waals surface area contributed by atoms with Crippen molar-refractivity contribution in [3.05, 3.63) is 0 Å². The molecule has 17 heavy (non-hydrogen) atoms. The van der Waals surface area contributed by atoms with Crippen LogP contribution in [0.5, 0.6) is 0 Å². The van der Waals surface area contributed by atoms with Crippen molar-refractivity contribution in [1.29, 1.82) is 0 Å². The zero-order valence-electron chi connectivity index (χ0n) is 10.8. The number of hydrogen-bond acceptors (Lipinski definition) is 5. The lowest BCUT2D eigenvalue weighted by Crippen LogP contribution is -2.52. The fraction of sp³-hybridized carbons (Fsp3) is 0.909. The first-order valence-electron chi connectivity index (χ1n) is 6.03. The second-order valence-corrected chi connectivity index (χ2v) is 4.49. The highest BCUT2D eigenvalue weighted by atomic mass is 16.3. The lowest BCUT2D eigenvalue weighted by atomic mass is 10.1. The van der Waals surface area contributed by atoms with Crippen LogP contribution in [0.4, 0.5) is 0 Å². The predicted octanol–water partition coefficient (Wildman–Crippen LogP) is -1.09. The maximum Gasteiger partial charge on any atom is 0.234 e. The van der Waals surface area contributed by atoms with Gasteiger partial charge in [0, 0.05) is 12.1 Å². The van der Waals surface area contributed by atoms with E-state index in [1.165, 1.54) is 0 Å². The Balaban J connectivity index is 3.92. The molecule has 0 fully saturated rings. The Kier molecular flexibility index (Phi) is 8.07. The number of aliphatic hydroxyl groups is 2. The third-order valence-corrected chi connectivity index (χ3v) is 2.31. The summed E-state index contributed by atoms with van der Waals surface area (Å²) in [5.74, 6) is -0.227. The molecule has 0 aliphatic carbocycles. The van der Waals surface area contributed by atoms with Crippen LogP contribution in [0.15, 0.2) is 0 Å². The molecule has 0 saturated heterocycles. The van der Waals surface area contributed by atoms with E-state index < -0.39 is 18.4 Å². The summed E-state index contributed by atoms with van der Waals surface area (Å²) in [4.78, 5) is 11.3. The summed E-state index contributed by atoms with van der Waals surface area (Å²) >= 11 is 0. The molecule has 0 aliphatic rings. The van der Waals surface area contributed by atoms with Gasteiger partial charge in [-0.25, -0.2) is 0 Å². The third kappa shape index (κ3) is 7.27. The second-order valence-electron chi connectivity index (χ2n) is 4.49. The van der Waals surface area contributed by atoms with Crippen LogP contribution in [-0.4, -0.2) is 47.1 Å². The van der Waals surface area contributed by atoms with Crippen molar-refractivity contribution < 1.29 is 15.0 Å². The maximum atomic E-state index is 11.3. The molecule has 0 aromatic carbocycles. The van der Waals surface area contributed by atoms with Crippen LogP contribution in [0.1, 0.15) is 33.6 Å². The number of nitrogens with one attached hydrogen (secondary N) is 2. The van der Waals surface area contributed by atoms with E-state index in [4.69, 9.17) is 5.73 Å². The highest BCUT2D eigenvalue weighted by molar-refractivity contribution is 5.78. The van der Waals surface area contributed by atoms with Crippen molar-refractivity contribution in [2.24, 2.45) is 5.73 Å². The van der Waals surface area contributed by atoms with Gasteiger partial charge < -0.3 is 21.3 Å². The summed E-state index contributed by atoms with van der Waals surface area (Å²) in [6.07, 6.45) is -0.798. The molecule has 0 bridgehead atoms. The summed E-state index contributed by atoms with van der Waals surface area (Å²) in [5, 5.41) is 24.4. The zero-order valence-corrected chi connectivity index (χ0v) is 10.8. The average Bonchev–Trinajstić information content (AvgIpc) is 2.24. The minimum absolute atomic E-state index is 0.0464. The van der Waals surface area contributed by atoms with Crippen molar-refractivity contribution in [2.75, 3.05) is 6.54 Å². The van der Waals surface area contributed by atoms with Gasteiger partial charge in [0.05, 0.1) is 6.54 Å². The van der Waals surface area contributed by atoms with Crippen molar-refractivity contribution in [1.82, 2.24) is 10.6 Å². The molecule has 0 aromatic rings. The molecule has 3 atom stereocenters. The zero-order chi connectivity index (χ0) is 13.4. The molecule has 102 valence electrons. The van der Waals surface area contributed by atoms with Crippen molar-refractivity contribution >= 4 is 5.91 Å². The Morgan fingerprint density at radius 1 is 1.35 bits per heavy atom. The second kappa shape index (κ2) is 8.41. The van der Waals surface area contributed by atoms with E-state index in [1.807, 2.05) is 20.8 Å². The van der Waals surface area contributed by atoms with Crippen molar-refractivity contribution in [3.63, 3.8) is 0 Å². The molecule has 3 unspecified atom stereocenters. The number of rotatable bonds is 8. The maximum absolute atomic E-state index is 11.3. The molecule has 0 aromatic heterocycles. The standard InChI is InChI=1S/C11H25N3O3/c1-4-5-8(12)10(16)11(17)13-6-9(15)14-7(2)3/h7-8,10-11,13,16-17H,4-6,12H2,1-3H3,(H,14,15). The van der Waals surface area contributed by atoms with Crippen LogP contribution in [0.3, 0.4) is 0 Å². The SMILES string of the molecule is CCCC(N)C(O)C(O)NCC(=O)NC(C)C. The van der Waals surface area contributed by atoms with Crippen LogP contribution < -0.4 is 16.4 Å². The van der Waals surface area contributed by atoms with Gasteiger partial charge in [0.25, 0.3) is 0 Å². The third-order valence-electron chi connectivity index (χ3n) is 2.31. The van der Waals surface area contributed by atoms with E-state index in [9.17, 15) is 15.0 Å². The molecule has 0 radical (unpaired) electrons. The summed E-state index contributed by atoms with van der Waals surface area (Å²) in [5.41, 5.74) is 5.67. The van der Waals surface area contributed by atoms with E-state index in [0.717, 1.165) is 6.42 Å². The molecule has 0 aliphatic heterocycles. The summed E-state index contributed by atoms with van der Waals surface area (Å²) in [6, 6.07) is -0.440. The molecule has 6 nitrogen and oxygen atoms in total. The number of aliphatic hydroxyl groups excluding tert-OH is 2. The molecular formula is C11H25N3O3. The van der Waals surface area contributed by atoms with E-state index in [2.05, 4.69) is 10.6 Å². The smallest absolute Gasteiger partial charge is 0.234 e. The first-order valence-corrected chi connectivity index (χ1v) is 6.03. The average molecular weight is 247 g/mol. The Bertz CT molecular complexity index is 224. The lowest BCUT2D eigenvalue weighted by Gasteiger charge is -2.24. The van der Waals surface area contributed by atoms with E-state index in [1.54, 1.807) is 0 Å². The van der Waals surface area contributed by atoms with Gasteiger partial charge in [0.15, 0.2) is 0 Å². The molecule has 6 N–H and O–H groups in total. The molecule has 6 heteroatoms. The number of carbonyl (C=O) groups excluding carboxylic acids is 1. The van der Waals surface area contributed by atoms with Crippen molar-refractivity contribution in [2.45, 2.75) is 58.0 Å². The molecule has 0 saturated carbocycles. The van der Waals surface area contributed by atoms with Gasteiger partial charge in [0.1, 0.15) is 12.3 Å². The molecule has 1 amide bonds. The van der Waals surface area contributed by atoms with Gasteiger partial charge in [0.2, 0.25) is 5.91 Å². The Morgan fingerprint density at radius 2 is 1.94 bits per heavy atom. The van der Waals surface area contributed by atoms with Crippen LogP contribution in [-0.2, 0) is 4.79 Å². The topological polar surface area (TPSA) is 108 Å². The number of hydrogen-bond donors (Lipinski definition) is 5. The largest absolute Gasteiger partial charge is 0.387 e. The minimum atomic E-state index is -1.19. The summed E-state index contributed by atoms with van der Waals surface area (Å²) < 4.78 is 0. The van der Waals surface area contributed by atoms with E-state index in [0.29, 0.717) is 6.42 Å². The highest BCUT2D eigenvalue weighted by Crippen LogP contribution is 2.02. The lowest BCUT2D eigenvalue weighted by molar-refractivity contribution is -0.122. The van der Waals surface area contributed by atoms with Gasteiger partial charge in [-0.05, 0) is 20.3 Å². The van der Waals surface area contributed by atoms with Crippen LogP contribution in [0.25, 0.3) is 0 Å². The van der Waals surface area contributed by atoms with Gasteiger partial charge >= 0.3 is 0 Å². The molecular weight excluding hydrogens is 222 g/mol. The fourth-order valence-electron chi connectivity index (χ4n) is 1.43. The highest BCUT2D eigenvalue weighted by Gasteiger charge is 2.22. The summed E-state index contributed by atoms with van der Waals surface area (Å²) in [6.45, 7) is 5.60. The molecule has 0 heterocycles. The van der Waals surface area contributed by atoms with Gasteiger partial charge in [-0.3, -0.25) is 10.1 Å². The molecule has 0 spiro atoms. The van der Waals surface area contributed by atoms with E-state index in [-0.39, 0.29) is 18.5 Å². The van der Waals surface area contributed by atoms with E-state index >= 15 is 0 Å².